The van der Waals surface area contributed by atoms with Gasteiger partial charge in [-0.05, 0) is 57.0 Å². The minimum atomic E-state index is -0.606. The lowest BCUT2D eigenvalue weighted by Gasteiger charge is -2.29. The molecule has 0 radical (unpaired) electrons. The summed E-state index contributed by atoms with van der Waals surface area (Å²) in [6.07, 6.45) is 5.18. The Morgan fingerprint density at radius 3 is 2.63 bits per heavy atom. The van der Waals surface area contributed by atoms with Crippen LogP contribution in [-0.2, 0) is 4.74 Å². The Kier molecular flexibility index (Phi) is 7.52. The minimum absolute atomic E-state index is 0.0971. The summed E-state index contributed by atoms with van der Waals surface area (Å²) >= 11 is 0. The number of pyridine rings is 1. The monoisotopic (exact) mass is 554 g/mol. The van der Waals surface area contributed by atoms with Crippen LogP contribution in [0.3, 0.4) is 0 Å². The highest BCUT2D eigenvalue weighted by molar-refractivity contribution is 5.83. The maximum Gasteiger partial charge on any atom is 0.410 e. The van der Waals surface area contributed by atoms with Gasteiger partial charge in [0.15, 0.2) is 0 Å². The molecule has 1 N–H and O–H groups in total. The van der Waals surface area contributed by atoms with Crippen molar-refractivity contribution in [1.29, 1.82) is 0 Å². The van der Waals surface area contributed by atoms with E-state index in [1.807, 2.05) is 57.2 Å². The van der Waals surface area contributed by atoms with Gasteiger partial charge in [-0.1, -0.05) is 24.3 Å². The first-order valence-electron chi connectivity index (χ1n) is 13.1. The molecule has 1 amide bonds. The van der Waals surface area contributed by atoms with E-state index >= 15 is 0 Å². The van der Waals surface area contributed by atoms with Gasteiger partial charge in [-0.2, -0.15) is 0 Å². The Morgan fingerprint density at radius 2 is 1.93 bits per heavy atom. The second kappa shape index (κ2) is 11.2. The van der Waals surface area contributed by atoms with E-state index in [9.17, 15) is 14.9 Å². The fraction of sp³-hybridized carbons (Fsp3) is 0.267. The Bertz CT molecular complexity index is 1660. The molecular weight excluding hydrogens is 524 g/mol. The summed E-state index contributed by atoms with van der Waals surface area (Å²) in [7, 11) is 1.49. The van der Waals surface area contributed by atoms with Crippen LogP contribution in [0.5, 0.6) is 5.75 Å². The number of carbonyl (C=O) groups excluding carboxylic acids is 1. The molecule has 0 atom stereocenters. The first-order valence-corrected chi connectivity index (χ1v) is 13.1. The molecule has 210 valence electrons. The van der Waals surface area contributed by atoms with Crippen molar-refractivity contribution in [2.24, 2.45) is 0 Å². The van der Waals surface area contributed by atoms with E-state index in [1.165, 1.54) is 13.2 Å². The Morgan fingerprint density at radius 1 is 1.12 bits per heavy atom. The van der Waals surface area contributed by atoms with Crippen LogP contribution in [0.25, 0.3) is 27.7 Å². The first kappa shape index (κ1) is 27.5. The van der Waals surface area contributed by atoms with Gasteiger partial charge in [0.25, 0.3) is 5.69 Å². The van der Waals surface area contributed by atoms with Gasteiger partial charge < -0.3 is 19.7 Å². The molecule has 0 saturated carbocycles. The fourth-order valence-corrected chi connectivity index (χ4v) is 4.56. The second-order valence-corrected chi connectivity index (χ2v) is 10.5. The Labute approximate surface area is 237 Å². The number of amides is 1. The third kappa shape index (κ3) is 6.24. The molecule has 2 aromatic carbocycles. The van der Waals surface area contributed by atoms with Crippen LogP contribution in [0.2, 0.25) is 0 Å². The van der Waals surface area contributed by atoms with Gasteiger partial charge in [0.05, 0.1) is 34.5 Å². The molecule has 1 aliphatic heterocycles. The molecule has 11 heteroatoms. The number of fused-ring (bicyclic) bond motifs is 1. The molecule has 11 nitrogen and oxygen atoms in total. The Balaban J connectivity index is 1.42. The number of ether oxygens (including phenoxy) is 2. The molecule has 41 heavy (non-hydrogen) atoms. The topological polar surface area (TPSA) is 133 Å². The lowest BCUT2D eigenvalue weighted by atomic mass is 9.97. The van der Waals surface area contributed by atoms with E-state index in [1.54, 1.807) is 29.4 Å². The number of hydrogen-bond acceptors (Lipinski definition) is 9. The molecule has 0 aliphatic carbocycles. The highest BCUT2D eigenvalue weighted by Gasteiger charge is 2.27. The van der Waals surface area contributed by atoms with Crippen LogP contribution < -0.4 is 10.1 Å². The SMILES string of the molecule is COc1cc(C2=CCN(C(=O)OC(C)(C)C)CC2)c([N+](=O)[O-])cc1Nc1nccc(-c2cnc3ccccc3c2)n1. The number of methoxy groups -OCH3 is 1. The summed E-state index contributed by atoms with van der Waals surface area (Å²) in [6, 6.07) is 14.6. The number of aromatic nitrogens is 3. The molecule has 0 saturated heterocycles. The quantitative estimate of drug-likeness (QED) is 0.213. The zero-order valence-corrected chi connectivity index (χ0v) is 23.2. The van der Waals surface area contributed by atoms with Crippen molar-refractivity contribution in [1.82, 2.24) is 19.9 Å². The van der Waals surface area contributed by atoms with Gasteiger partial charge in [0, 0.05) is 42.5 Å². The van der Waals surface area contributed by atoms with Gasteiger partial charge in [0.1, 0.15) is 11.4 Å². The maximum absolute atomic E-state index is 12.4. The normalized spacial score (nSPS) is 13.5. The predicted octanol–water partition coefficient (Wildman–Crippen LogP) is 6.38. The summed E-state index contributed by atoms with van der Waals surface area (Å²) < 4.78 is 11.0. The van der Waals surface area contributed by atoms with Gasteiger partial charge >= 0.3 is 6.09 Å². The summed E-state index contributed by atoms with van der Waals surface area (Å²) in [5.41, 5.74) is 3.17. The molecule has 3 heterocycles. The number of hydrogen-bond donors (Lipinski definition) is 1. The molecule has 5 rings (SSSR count). The highest BCUT2D eigenvalue weighted by atomic mass is 16.6. The number of nitro benzene ring substituents is 1. The summed E-state index contributed by atoms with van der Waals surface area (Å²) in [4.78, 5) is 39.1. The van der Waals surface area contributed by atoms with E-state index in [4.69, 9.17) is 9.47 Å². The van der Waals surface area contributed by atoms with Gasteiger partial charge in [-0.15, -0.1) is 0 Å². The molecule has 0 unspecified atom stereocenters. The fourth-order valence-electron chi connectivity index (χ4n) is 4.56. The predicted molar refractivity (Wildman–Crippen MR) is 156 cm³/mol. The molecule has 1 aliphatic rings. The number of anilines is 2. The number of nitrogens with zero attached hydrogens (tertiary/aromatic N) is 5. The van der Waals surface area contributed by atoms with Crippen molar-refractivity contribution in [2.75, 3.05) is 25.5 Å². The lowest BCUT2D eigenvalue weighted by Crippen LogP contribution is -2.39. The molecule has 0 spiro atoms. The number of nitro groups is 1. The molecular formula is C30H30N6O5. The average molecular weight is 555 g/mol. The largest absolute Gasteiger partial charge is 0.495 e. The van der Waals surface area contributed by atoms with E-state index in [0.717, 1.165) is 22.0 Å². The van der Waals surface area contributed by atoms with Crippen molar-refractivity contribution in [3.8, 4) is 17.0 Å². The van der Waals surface area contributed by atoms with Gasteiger partial charge in [-0.25, -0.2) is 14.8 Å². The maximum atomic E-state index is 12.4. The minimum Gasteiger partial charge on any atom is -0.495 e. The molecule has 4 aromatic rings. The van der Waals surface area contributed by atoms with Crippen LogP contribution >= 0.6 is 0 Å². The van der Waals surface area contributed by atoms with Gasteiger partial charge in [-0.3, -0.25) is 15.1 Å². The Hall–Kier alpha value is -5.06. The third-order valence-electron chi connectivity index (χ3n) is 6.51. The summed E-state index contributed by atoms with van der Waals surface area (Å²) in [5, 5.41) is 16.2. The van der Waals surface area contributed by atoms with Crippen molar-refractivity contribution >= 4 is 39.9 Å². The van der Waals surface area contributed by atoms with Gasteiger partial charge in [0.2, 0.25) is 5.95 Å². The van der Waals surface area contributed by atoms with Crippen molar-refractivity contribution in [3.05, 3.63) is 82.7 Å². The zero-order valence-electron chi connectivity index (χ0n) is 23.2. The summed E-state index contributed by atoms with van der Waals surface area (Å²) in [6.45, 7) is 6.09. The molecule has 0 fully saturated rings. The average Bonchev–Trinajstić information content (AvgIpc) is 2.96. The number of rotatable bonds is 6. The van der Waals surface area contributed by atoms with Crippen LogP contribution in [0, 0.1) is 10.1 Å². The number of carbonyl (C=O) groups is 1. The number of para-hydroxylation sites is 1. The van der Waals surface area contributed by atoms with Crippen molar-refractivity contribution < 1.29 is 19.2 Å². The summed E-state index contributed by atoms with van der Waals surface area (Å²) in [5.74, 6) is 0.642. The smallest absolute Gasteiger partial charge is 0.410 e. The van der Waals surface area contributed by atoms with E-state index in [-0.39, 0.29) is 18.2 Å². The zero-order chi connectivity index (χ0) is 29.1. The standard InChI is InChI=1S/C30H30N6O5/c1-30(2,3)41-29(37)35-13-10-19(11-14-35)22-16-27(40-4)25(17-26(22)36(38)39)34-28-31-12-9-24(33-28)21-15-20-7-5-6-8-23(20)32-18-21/h5-10,12,15-18H,11,13-14H2,1-4H3,(H,31,33,34). The van der Waals surface area contributed by atoms with Crippen LogP contribution in [0.1, 0.15) is 32.8 Å². The van der Waals surface area contributed by atoms with Crippen LogP contribution in [0.4, 0.5) is 22.1 Å². The van der Waals surface area contributed by atoms with E-state index < -0.39 is 16.6 Å². The van der Waals surface area contributed by atoms with Crippen molar-refractivity contribution in [3.63, 3.8) is 0 Å². The lowest BCUT2D eigenvalue weighted by molar-refractivity contribution is -0.385. The van der Waals surface area contributed by atoms with Crippen LogP contribution in [0.15, 0.2) is 67.0 Å². The third-order valence-corrected chi connectivity index (χ3v) is 6.51. The number of nitrogens with one attached hydrogen (secondary N) is 1. The van der Waals surface area contributed by atoms with E-state index in [2.05, 4.69) is 20.3 Å². The highest BCUT2D eigenvalue weighted by Crippen LogP contribution is 2.39. The number of benzene rings is 2. The second-order valence-electron chi connectivity index (χ2n) is 10.5. The first-order chi connectivity index (χ1) is 19.6. The van der Waals surface area contributed by atoms with Crippen molar-refractivity contribution in [2.45, 2.75) is 32.8 Å². The van der Waals surface area contributed by atoms with E-state index in [0.29, 0.717) is 35.7 Å². The molecule has 2 aromatic heterocycles. The van der Waals surface area contributed by atoms with Crippen LogP contribution in [-0.4, -0.2) is 56.7 Å². The molecule has 0 bridgehead atoms.